The number of hydrogen-bond donors (Lipinski definition) is 2. The number of carbonyl (C=O) groups excluding carboxylic acids is 2. The van der Waals surface area contributed by atoms with Gasteiger partial charge in [-0.2, -0.15) is 5.10 Å². The molecule has 1 heterocycles. The van der Waals surface area contributed by atoms with E-state index in [0.29, 0.717) is 12.4 Å². The molecule has 16 heavy (non-hydrogen) atoms. The fraction of sp³-hybridized carbons (Fsp3) is 0.500. The zero-order chi connectivity index (χ0) is 12.1. The van der Waals surface area contributed by atoms with Crippen LogP contribution in [0.4, 0.5) is 5.82 Å². The number of hydrogen-bond acceptors (Lipinski definition) is 4. The number of rotatable bonds is 4. The van der Waals surface area contributed by atoms with Crippen molar-refractivity contribution in [2.75, 3.05) is 11.9 Å². The second kappa shape index (κ2) is 5.29. The van der Waals surface area contributed by atoms with E-state index in [0.717, 1.165) is 0 Å². The van der Waals surface area contributed by atoms with Crippen molar-refractivity contribution in [3.8, 4) is 0 Å². The molecule has 0 bridgehead atoms. The van der Waals surface area contributed by atoms with E-state index in [2.05, 4.69) is 15.5 Å². The Balaban J connectivity index is 2.65. The summed E-state index contributed by atoms with van der Waals surface area (Å²) in [6, 6.07) is 1.44. The summed E-state index contributed by atoms with van der Waals surface area (Å²) in [6.07, 6.45) is 0. The predicted molar refractivity (Wildman–Crippen MR) is 58.0 cm³/mol. The van der Waals surface area contributed by atoms with Gasteiger partial charge < -0.3 is 10.1 Å². The highest BCUT2D eigenvalue weighted by atomic mass is 16.5. The molecular formula is C10H15N3O3. The number of ether oxygens (including phenoxy) is 1. The molecule has 0 saturated carbocycles. The lowest BCUT2D eigenvalue weighted by Crippen LogP contribution is -2.17. The Morgan fingerprint density at radius 3 is 2.81 bits per heavy atom. The average molecular weight is 225 g/mol. The minimum atomic E-state index is -0.486. The largest absolute Gasteiger partial charge is 0.461 e. The lowest BCUT2D eigenvalue weighted by molar-refractivity contribution is -0.118. The normalized spacial score (nSPS) is 10.2. The van der Waals surface area contributed by atoms with E-state index in [1.54, 1.807) is 20.8 Å². The first kappa shape index (κ1) is 12.2. The first-order valence-electron chi connectivity index (χ1n) is 5.08. The van der Waals surface area contributed by atoms with Crippen molar-refractivity contribution >= 4 is 17.7 Å². The summed E-state index contributed by atoms with van der Waals surface area (Å²) in [5, 5.41) is 8.85. The van der Waals surface area contributed by atoms with Crippen molar-refractivity contribution in [2.24, 2.45) is 5.92 Å². The smallest absolute Gasteiger partial charge is 0.356 e. The molecule has 0 saturated heterocycles. The van der Waals surface area contributed by atoms with Crippen LogP contribution in [-0.2, 0) is 9.53 Å². The van der Waals surface area contributed by atoms with Crippen LogP contribution >= 0.6 is 0 Å². The molecule has 0 fully saturated rings. The van der Waals surface area contributed by atoms with Crippen LogP contribution < -0.4 is 5.32 Å². The molecule has 0 spiro atoms. The summed E-state index contributed by atoms with van der Waals surface area (Å²) in [5.41, 5.74) is 0.223. The maximum atomic E-state index is 11.3. The van der Waals surface area contributed by atoms with Crippen molar-refractivity contribution in [2.45, 2.75) is 20.8 Å². The Kier molecular flexibility index (Phi) is 4.04. The Hall–Kier alpha value is -1.85. The number of anilines is 1. The van der Waals surface area contributed by atoms with Gasteiger partial charge in [-0.3, -0.25) is 9.89 Å². The van der Waals surface area contributed by atoms with Crippen LogP contribution in [0.5, 0.6) is 0 Å². The number of aromatic amines is 1. The third-order valence-electron chi connectivity index (χ3n) is 1.85. The molecule has 0 radical (unpaired) electrons. The molecule has 6 nitrogen and oxygen atoms in total. The summed E-state index contributed by atoms with van der Waals surface area (Å²) in [7, 11) is 0. The monoisotopic (exact) mass is 225 g/mol. The number of nitrogens with one attached hydrogen (secondary N) is 2. The Morgan fingerprint density at radius 1 is 1.56 bits per heavy atom. The van der Waals surface area contributed by atoms with Crippen molar-refractivity contribution in [3.63, 3.8) is 0 Å². The summed E-state index contributed by atoms with van der Waals surface area (Å²) < 4.78 is 4.77. The zero-order valence-electron chi connectivity index (χ0n) is 9.53. The highest BCUT2D eigenvalue weighted by Crippen LogP contribution is 2.08. The number of aromatic nitrogens is 2. The highest BCUT2D eigenvalue weighted by molar-refractivity contribution is 5.93. The molecule has 6 heteroatoms. The molecule has 88 valence electrons. The van der Waals surface area contributed by atoms with Gasteiger partial charge in [0, 0.05) is 12.0 Å². The molecule has 0 aliphatic carbocycles. The number of H-pyrrole nitrogens is 1. The van der Waals surface area contributed by atoms with E-state index in [4.69, 9.17) is 4.74 Å². The highest BCUT2D eigenvalue weighted by Gasteiger charge is 2.13. The third-order valence-corrected chi connectivity index (χ3v) is 1.85. The quantitative estimate of drug-likeness (QED) is 0.753. The van der Waals surface area contributed by atoms with E-state index in [1.165, 1.54) is 6.07 Å². The molecule has 0 aliphatic rings. The molecule has 1 rings (SSSR count). The van der Waals surface area contributed by atoms with Crippen LogP contribution in [0, 0.1) is 5.92 Å². The van der Waals surface area contributed by atoms with Crippen LogP contribution in [0.1, 0.15) is 31.3 Å². The SMILES string of the molecule is CCOC(=O)c1cc(NC(=O)C(C)C)n[nH]1. The topological polar surface area (TPSA) is 84.1 Å². The predicted octanol–water partition coefficient (Wildman–Crippen LogP) is 1.18. The van der Waals surface area contributed by atoms with Gasteiger partial charge in [0.2, 0.25) is 5.91 Å². The van der Waals surface area contributed by atoms with Crippen LogP contribution in [0.25, 0.3) is 0 Å². The van der Waals surface area contributed by atoms with E-state index in [1.807, 2.05) is 0 Å². The van der Waals surface area contributed by atoms with Crippen LogP contribution in [0.15, 0.2) is 6.07 Å². The van der Waals surface area contributed by atoms with E-state index in [9.17, 15) is 9.59 Å². The second-order valence-electron chi connectivity index (χ2n) is 3.53. The van der Waals surface area contributed by atoms with Gasteiger partial charge in [0.1, 0.15) is 5.69 Å². The van der Waals surface area contributed by atoms with Gasteiger partial charge in [0.25, 0.3) is 0 Å². The summed E-state index contributed by atoms with van der Waals surface area (Å²) >= 11 is 0. The van der Waals surface area contributed by atoms with Gasteiger partial charge in [-0.05, 0) is 6.92 Å². The lowest BCUT2D eigenvalue weighted by Gasteiger charge is -2.03. The Bertz CT molecular complexity index is 384. The molecule has 2 N–H and O–H groups in total. The molecule has 1 aromatic rings. The molecule has 0 atom stereocenters. The van der Waals surface area contributed by atoms with E-state index in [-0.39, 0.29) is 17.5 Å². The summed E-state index contributed by atoms with van der Waals surface area (Å²) in [4.78, 5) is 22.6. The standard InChI is InChI=1S/C10H15N3O3/c1-4-16-10(15)7-5-8(13-12-7)11-9(14)6(2)3/h5-6H,4H2,1-3H3,(H2,11,12,13,14). The molecule has 0 aliphatic heterocycles. The van der Waals surface area contributed by atoms with Gasteiger partial charge in [0.15, 0.2) is 5.82 Å². The van der Waals surface area contributed by atoms with Crippen molar-refractivity contribution in [1.29, 1.82) is 0 Å². The molecule has 1 amide bonds. The summed E-state index contributed by atoms with van der Waals surface area (Å²) in [6.45, 7) is 5.56. The van der Waals surface area contributed by atoms with Crippen LogP contribution in [0.3, 0.4) is 0 Å². The van der Waals surface area contributed by atoms with Gasteiger partial charge in [-0.1, -0.05) is 13.8 Å². The lowest BCUT2D eigenvalue weighted by atomic mass is 10.2. The molecule has 0 unspecified atom stereocenters. The van der Waals surface area contributed by atoms with E-state index < -0.39 is 5.97 Å². The fourth-order valence-corrected chi connectivity index (χ4v) is 0.970. The first-order valence-corrected chi connectivity index (χ1v) is 5.08. The fourth-order valence-electron chi connectivity index (χ4n) is 0.970. The maximum absolute atomic E-state index is 11.3. The Labute approximate surface area is 93.4 Å². The second-order valence-corrected chi connectivity index (χ2v) is 3.53. The molecule has 1 aromatic heterocycles. The number of esters is 1. The Morgan fingerprint density at radius 2 is 2.25 bits per heavy atom. The summed E-state index contributed by atoms with van der Waals surface area (Å²) in [5.74, 6) is -0.452. The van der Waals surface area contributed by atoms with Gasteiger partial charge >= 0.3 is 5.97 Å². The zero-order valence-corrected chi connectivity index (χ0v) is 9.53. The van der Waals surface area contributed by atoms with Crippen molar-refractivity contribution < 1.29 is 14.3 Å². The number of carbonyl (C=O) groups is 2. The minimum absolute atomic E-state index is 0.136. The van der Waals surface area contributed by atoms with Crippen LogP contribution in [-0.4, -0.2) is 28.7 Å². The number of nitrogens with zero attached hydrogens (tertiary/aromatic N) is 1. The van der Waals surface area contributed by atoms with Gasteiger partial charge in [0.05, 0.1) is 6.61 Å². The van der Waals surface area contributed by atoms with Gasteiger partial charge in [-0.15, -0.1) is 0 Å². The average Bonchev–Trinajstić information content (AvgIpc) is 2.66. The van der Waals surface area contributed by atoms with Crippen molar-refractivity contribution in [3.05, 3.63) is 11.8 Å². The van der Waals surface area contributed by atoms with Crippen LogP contribution in [0.2, 0.25) is 0 Å². The maximum Gasteiger partial charge on any atom is 0.356 e. The molecular weight excluding hydrogens is 210 g/mol. The first-order chi connectivity index (χ1) is 7.54. The van der Waals surface area contributed by atoms with E-state index >= 15 is 0 Å². The minimum Gasteiger partial charge on any atom is -0.461 e. The number of amides is 1. The molecule has 0 aromatic carbocycles. The van der Waals surface area contributed by atoms with Crippen molar-refractivity contribution in [1.82, 2.24) is 10.2 Å². The van der Waals surface area contributed by atoms with Gasteiger partial charge in [-0.25, -0.2) is 4.79 Å². The third kappa shape index (κ3) is 3.08.